The minimum absolute atomic E-state index is 0.00542. The minimum atomic E-state index is -1.17. The molecule has 0 saturated carbocycles. The first kappa shape index (κ1) is 12.6. The van der Waals surface area contributed by atoms with Crippen LogP contribution in [0.25, 0.3) is 11.8 Å². The Hall–Kier alpha value is -2.89. The number of hydrogen-bond acceptors (Lipinski definition) is 4. The fraction of sp³-hybridized carbons (Fsp3) is 0. The number of hydrogen-bond donors (Lipinski definition) is 2. The second-order valence-electron chi connectivity index (χ2n) is 3.67. The summed E-state index contributed by atoms with van der Waals surface area (Å²) in [7, 11) is 0. The summed E-state index contributed by atoms with van der Waals surface area (Å²) < 4.78 is 1.08. The van der Waals surface area contributed by atoms with Crippen LogP contribution in [0.2, 0.25) is 0 Å². The van der Waals surface area contributed by atoms with E-state index in [-0.39, 0.29) is 11.4 Å². The number of carbonyl (C=O) groups is 1. The van der Waals surface area contributed by atoms with Crippen LogP contribution in [-0.2, 0) is 4.79 Å². The summed E-state index contributed by atoms with van der Waals surface area (Å²) >= 11 is 0. The molecule has 0 radical (unpaired) electrons. The monoisotopic (exact) mass is 258 g/mol. The van der Waals surface area contributed by atoms with Crippen molar-refractivity contribution in [3.05, 3.63) is 58.5 Å². The van der Waals surface area contributed by atoms with Gasteiger partial charge in [-0.2, -0.15) is 9.78 Å². The Bertz CT molecular complexity index is 690. The van der Waals surface area contributed by atoms with Crippen molar-refractivity contribution in [2.45, 2.75) is 0 Å². The summed E-state index contributed by atoms with van der Waals surface area (Å²) in [6.07, 6.45) is 1.96. The Kier molecular flexibility index (Phi) is 3.42. The first-order valence-corrected chi connectivity index (χ1v) is 5.37. The van der Waals surface area contributed by atoms with E-state index in [1.807, 2.05) is 0 Å². The summed E-state index contributed by atoms with van der Waals surface area (Å²) in [5, 5.41) is 22.0. The molecule has 6 nitrogen and oxygen atoms in total. The highest BCUT2D eigenvalue weighted by molar-refractivity contribution is 5.85. The zero-order chi connectivity index (χ0) is 13.8. The van der Waals surface area contributed by atoms with E-state index in [9.17, 15) is 14.7 Å². The number of aromatic nitrogens is 2. The van der Waals surface area contributed by atoms with Crippen LogP contribution in [0.1, 0.15) is 5.69 Å². The van der Waals surface area contributed by atoms with E-state index in [2.05, 4.69) is 5.10 Å². The van der Waals surface area contributed by atoms with Crippen molar-refractivity contribution in [3.8, 4) is 11.4 Å². The molecule has 1 aromatic carbocycles. The summed E-state index contributed by atoms with van der Waals surface area (Å²) in [4.78, 5) is 22.2. The molecule has 19 heavy (non-hydrogen) atoms. The van der Waals surface area contributed by atoms with Crippen LogP contribution in [0.15, 0.2) is 47.3 Å². The van der Waals surface area contributed by atoms with E-state index in [1.165, 1.54) is 0 Å². The summed E-state index contributed by atoms with van der Waals surface area (Å²) in [5.74, 6) is -1.53. The molecule has 0 spiro atoms. The van der Waals surface area contributed by atoms with Crippen LogP contribution in [-0.4, -0.2) is 26.0 Å². The lowest BCUT2D eigenvalue weighted by atomic mass is 10.3. The van der Waals surface area contributed by atoms with Crippen molar-refractivity contribution in [1.82, 2.24) is 9.78 Å². The Morgan fingerprint density at radius 2 is 1.95 bits per heavy atom. The molecule has 0 atom stereocenters. The van der Waals surface area contributed by atoms with Gasteiger partial charge in [0, 0.05) is 12.1 Å². The van der Waals surface area contributed by atoms with Crippen LogP contribution in [0.4, 0.5) is 0 Å². The molecule has 0 saturated heterocycles. The summed E-state index contributed by atoms with van der Waals surface area (Å²) in [5.41, 5.74) is 0.0273. The van der Waals surface area contributed by atoms with Gasteiger partial charge in [-0.25, -0.2) is 4.79 Å². The zero-order valence-corrected chi connectivity index (χ0v) is 9.72. The quantitative estimate of drug-likeness (QED) is 0.802. The average molecular weight is 258 g/mol. The maximum absolute atomic E-state index is 11.7. The van der Waals surface area contributed by atoms with Gasteiger partial charge in [-0.05, 0) is 18.2 Å². The smallest absolute Gasteiger partial charge is 0.328 e. The highest BCUT2D eigenvalue weighted by atomic mass is 16.4. The van der Waals surface area contributed by atoms with Crippen LogP contribution >= 0.6 is 0 Å². The molecule has 1 heterocycles. The van der Waals surface area contributed by atoms with Crippen molar-refractivity contribution < 1.29 is 15.0 Å². The third-order valence-corrected chi connectivity index (χ3v) is 2.32. The molecule has 0 aliphatic rings. The molecule has 0 bridgehead atoms. The molecule has 0 aliphatic heterocycles. The Morgan fingerprint density at radius 3 is 2.58 bits per heavy atom. The van der Waals surface area contributed by atoms with Crippen LogP contribution in [0.3, 0.4) is 0 Å². The first-order chi connectivity index (χ1) is 9.08. The zero-order valence-electron chi connectivity index (χ0n) is 9.72. The molecule has 0 amide bonds. The highest BCUT2D eigenvalue weighted by Gasteiger charge is 2.07. The van der Waals surface area contributed by atoms with Crippen molar-refractivity contribution in [3.63, 3.8) is 0 Å². The van der Waals surface area contributed by atoms with Crippen molar-refractivity contribution in [2.75, 3.05) is 0 Å². The van der Waals surface area contributed by atoms with Crippen molar-refractivity contribution in [1.29, 1.82) is 0 Å². The standard InChI is InChI=1S/C13H10N2O4/c16-11-8-12(17)15(9-4-2-1-3-5-9)14-10(11)6-7-13(18)19/h1-8,16H,(H,18,19)/b7-6+. The number of carboxylic acid groups (broad SMARTS) is 1. The molecule has 2 rings (SSSR count). The maximum atomic E-state index is 11.7. The Morgan fingerprint density at radius 1 is 1.26 bits per heavy atom. The number of benzene rings is 1. The number of nitrogens with zero attached hydrogens (tertiary/aromatic N) is 2. The predicted octanol–water partition coefficient (Wildman–Crippen LogP) is 1.04. The lowest BCUT2D eigenvalue weighted by Gasteiger charge is -2.06. The molecular formula is C13H10N2O4. The van der Waals surface area contributed by atoms with Crippen molar-refractivity contribution >= 4 is 12.0 Å². The molecular weight excluding hydrogens is 248 g/mol. The van der Waals surface area contributed by atoms with E-state index in [0.29, 0.717) is 5.69 Å². The topological polar surface area (TPSA) is 92.4 Å². The largest absolute Gasteiger partial charge is 0.505 e. The maximum Gasteiger partial charge on any atom is 0.328 e. The number of aliphatic carboxylic acids is 1. The van der Waals surface area contributed by atoms with Crippen LogP contribution in [0, 0.1) is 0 Å². The van der Waals surface area contributed by atoms with Gasteiger partial charge >= 0.3 is 5.97 Å². The molecule has 1 aromatic heterocycles. The molecule has 6 heteroatoms. The van der Waals surface area contributed by atoms with E-state index in [4.69, 9.17) is 5.11 Å². The lowest BCUT2D eigenvalue weighted by molar-refractivity contribution is -0.131. The first-order valence-electron chi connectivity index (χ1n) is 5.37. The minimum Gasteiger partial charge on any atom is -0.505 e. The molecule has 2 aromatic rings. The second-order valence-corrected chi connectivity index (χ2v) is 3.67. The highest BCUT2D eigenvalue weighted by Crippen LogP contribution is 2.13. The second kappa shape index (κ2) is 5.18. The lowest BCUT2D eigenvalue weighted by Crippen LogP contribution is -2.20. The number of aromatic hydroxyl groups is 1. The van der Waals surface area contributed by atoms with Gasteiger partial charge in [-0.15, -0.1) is 0 Å². The van der Waals surface area contributed by atoms with Gasteiger partial charge in [0.1, 0.15) is 11.4 Å². The van der Waals surface area contributed by atoms with Gasteiger partial charge in [-0.1, -0.05) is 18.2 Å². The number of para-hydroxylation sites is 1. The van der Waals surface area contributed by atoms with E-state index < -0.39 is 11.5 Å². The molecule has 0 aliphatic carbocycles. The average Bonchev–Trinajstić information content (AvgIpc) is 2.38. The van der Waals surface area contributed by atoms with Gasteiger partial charge in [0.2, 0.25) is 0 Å². The SMILES string of the molecule is O=C(O)/C=C/c1nn(-c2ccccc2)c(=O)cc1O. The molecule has 0 unspecified atom stereocenters. The third-order valence-electron chi connectivity index (χ3n) is 2.32. The van der Waals surface area contributed by atoms with Gasteiger partial charge < -0.3 is 10.2 Å². The normalized spacial score (nSPS) is 10.7. The summed E-state index contributed by atoms with van der Waals surface area (Å²) in [6.45, 7) is 0. The van der Waals surface area contributed by atoms with E-state index in [1.54, 1.807) is 30.3 Å². The molecule has 0 fully saturated rings. The van der Waals surface area contributed by atoms with Crippen molar-refractivity contribution in [2.24, 2.45) is 0 Å². The number of rotatable bonds is 3. The van der Waals surface area contributed by atoms with Gasteiger partial charge in [0.25, 0.3) is 5.56 Å². The predicted molar refractivity (Wildman–Crippen MR) is 68.2 cm³/mol. The van der Waals surface area contributed by atoms with E-state index >= 15 is 0 Å². The summed E-state index contributed by atoms with van der Waals surface area (Å²) in [6, 6.07) is 9.61. The van der Waals surface area contributed by atoms with Gasteiger partial charge in [-0.3, -0.25) is 4.79 Å². The fourth-order valence-corrected chi connectivity index (χ4v) is 1.48. The Balaban J connectivity index is 2.55. The van der Waals surface area contributed by atoms with Gasteiger partial charge in [0.05, 0.1) is 5.69 Å². The third kappa shape index (κ3) is 2.86. The fourth-order valence-electron chi connectivity index (χ4n) is 1.48. The Labute approximate surface area is 107 Å². The van der Waals surface area contributed by atoms with Gasteiger partial charge in [0.15, 0.2) is 0 Å². The van der Waals surface area contributed by atoms with Crippen LogP contribution in [0.5, 0.6) is 5.75 Å². The number of carboxylic acids is 1. The molecule has 96 valence electrons. The van der Waals surface area contributed by atoms with E-state index in [0.717, 1.165) is 22.9 Å². The molecule has 2 N–H and O–H groups in total. The van der Waals surface area contributed by atoms with Crippen LogP contribution < -0.4 is 5.56 Å².